The van der Waals surface area contributed by atoms with E-state index in [1.807, 2.05) is 12.1 Å². The average molecular weight is 327 g/mol. The number of halogens is 1. The molecule has 0 saturated heterocycles. The van der Waals surface area contributed by atoms with Crippen LogP contribution in [0.3, 0.4) is 0 Å². The summed E-state index contributed by atoms with van der Waals surface area (Å²) < 4.78 is 10.6. The van der Waals surface area contributed by atoms with Gasteiger partial charge in [0.25, 0.3) is 0 Å². The second kappa shape index (κ2) is 6.25. The molecule has 0 aliphatic rings. The molecule has 0 radical (unpaired) electrons. The van der Waals surface area contributed by atoms with Gasteiger partial charge in [0.2, 0.25) is 0 Å². The van der Waals surface area contributed by atoms with Crippen LogP contribution in [0.5, 0.6) is 11.5 Å². The van der Waals surface area contributed by atoms with Gasteiger partial charge in [0, 0.05) is 4.83 Å². The van der Waals surface area contributed by atoms with Crippen LogP contribution in [-0.4, -0.2) is 14.2 Å². The number of hydrogen-bond donors (Lipinski definition) is 0. The Bertz CT molecular complexity index is 497. The molecule has 0 fully saturated rings. The number of alkyl halides is 1. The first kappa shape index (κ1) is 13.4. The fourth-order valence-electron chi connectivity index (χ4n) is 1.78. The number of methoxy groups -OCH3 is 2. The molecule has 18 heavy (non-hydrogen) atoms. The Morgan fingerprint density at radius 1 is 1.17 bits per heavy atom. The summed E-state index contributed by atoms with van der Waals surface area (Å²) in [5, 5.41) is 4.28. The van der Waals surface area contributed by atoms with Gasteiger partial charge in [-0.25, -0.2) is 0 Å². The van der Waals surface area contributed by atoms with Crippen LogP contribution in [0.4, 0.5) is 0 Å². The van der Waals surface area contributed by atoms with Gasteiger partial charge in [-0.1, -0.05) is 22.0 Å². The fourth-order valence-corrected chi connectivity index (χ4v) is 3.12. The molecule has 4 heteroatoms. The summed E-state index contributed by atoms with van der Waals surface area (Å²) in [6.07, 6.45) is 0.971. The molecule has 0 aliphatic heterocycles. The summed E-state index contributed by atoms with van der Waals surface area (Å²) in [4.78, 5) is 0.284. The molecular formula is C14H15BrO2S. The Morgan fingerprint density at radius 3 is 2.56 bits per heavy atom. The van der Waals surface area contributed by atoms with E-state index in [4.69, 9.17) is 9.47 Å². The number of hydrogen-bond acceptors (Lipinski definition) is 3. The molecule has 0 saturated carbocycles. The molecule has 0 aliphatic carbocycles. The van der Waals surface area contributed by atoms with E-state index < -0.39 is 0 Å². The van der Waals surface area contributed by atoms with Crippen molar-refractivity contribution in [2.24, 2.45) is 0 Å². The van der Waals surface area contributed by atoms with E-state index in [-0.39, 0.29) is 4.83 Å². The summed E-state index contributed by atoms with van der Waals surface area (Å²) in [6, 6.07) is 8.17. The quantitative estimate of drug-likeness (QED) is 0.756. The Hall–Kier alpha value is -1.00. The molecule has 0 N–H and O–H groups in total. The molecule has 1 atom stereocenters. The van der Waals surface area contributed by atoms with Crippen molar-refractivity contribution in [3.8, 4) is 11.5 Å². The third-order valence-corrected chi connectivity index (χ3v) is 4.35. The van der Waals surface area contributed by atoms with Crippen LogP contribution >= 0.6 is 27.3 Å². The third-order valence-electron chi connectivity index (χ3n) is 2.76. The highest BCUT2D eigenvalue weighted by Gasteiger charge is 2.12. The number of benzene rings is 1. The van der Waals surface area contributed by atoms with Crippen molar-refractivity contribution < 1.29 is 9.47 Å². The second-order valence-corrected chi connectivity index (χ2v) is 5.80. The number of ether oxygens (including phenoxy) is 2. The zero-order valence-corrected chi connectivity index (χ0v) is 12.8. The van der Waals surface area contributed by atoms with Crippen LogP contribution in [-0.2, 0) is 6.42 Å². The number of thiophene rings is 1. The standard InChI is InChI=1S/C14H15BrO2S/c1-16-13-4-3-11(8-14(13)17-2)12(15)7-10-5-6-18-9-10/h3-6,8-9,12H,7H2,1-2H3. The maximum atomic E-state index is 5.32. The van der Waals surface area contributed by atoms with Crippen molar-refractivity contribution in [3.63, 3.8) is 0 Å². The minimum absolute atomic E-state index is 0.284. The molecule has 0 spiro atoms. The van der Waals surface area contributed by atoms with Gasteiger partial charge in [0.05, 0.1) is 14.2 Å². The zero-order chi connectivity index (χ0) is 13.0. The van der Waals surface area contributed by atoms with Gasteiger partial charge in [-0.2, -0.15) is 11.3 Å². The minimum atomic E-state index is 0.284. The molecule has 0 bridgehead atoms. The van der Waals surface area contributed by atoms with E-state index in [0.717, 1.165) is 17.9 Å². The van der Waals surface area contributed by atoms with Crippen molar-refractivity contribution >= 4 is 27.3 Å². The Morgan fingerprint density at radius 2 is 1.94 bits per heavy atom. The average Bonchev–Trinajstić information content (AvgIpc) is 2.90. The van der Waals surface area contributed by atoms with E-state index >= 15 is 0 Å². The van der Waals surface area contributed by atoms with Crippen molar-refractivity contribution in [1.29, 1.82) is 0 Å². The van der Waals surface area contributed by atoms with E-state index in [9.17, 15) is 0 Å². The molecule has 1 aromatic heterocycles. The largest absolute Gasteiger partial charge is 0.493 e. The van der Waals surface area contributed by atoms with Crippen molar-refractivity contribution in [2.75, 3.05) is 14.2 Å². The van der Waals surface area contributed by atoms with Crippen molar-refractivity contribution in [1.82, 2.24) is 0 Å². The van der Waals surface area contributed by atoms with E-state index in [1.54, 1.807) is 25.6 Å². The summed E-state index contributed by atoms with van der Waals surface area (Å²) >= 11 is 5.45. The normalized spacial score (nSPS) is 12.2. The Kier molecular flexibility index (Phi) is 4.66. The van der Waals surface area contributed by atoms with Crippen molar-refractivity contribution in [2.45, 2.75) is 11.2 Å². The molecule has 2 nitrogen and oxygen atoms in total. The molecular weight excluding hydrogens is 312 g/mol. The van der Waals surface area contributed by atoms with Crippen molar-refractivity contribution in [3.05, 3.63) is 46.2 Å². The van der Waals surface area contributed by atoms with Gasteiger partial charge in [0.1, 0.15) is 0 Å². The fraction of sp³-hybridized carbons (Fsp3) is 0.286. The maximum Gasteiger partial charge on any atom is 0.161 e. The van der Waals surface area contributed by atoms with Crippen LogP contribution in [0, 0.1) is 0 Å². The monoisotopic (exact) mass is 326 g/mol. The first-order valence-corrected chi connectivity index (χ1v) is 7.47. The Balaban J connectivity index is 2.17. The highest BCUT2D eigenvalue weighted by molar-refractivity contribution is 9.09. The molecule has 1 unspecified atom stereocenters. The van der Waals surface area contributed by atoms with Gasteiger partial charge in [-0.05, 0) is 46.5 Å². The van der Waals surface area contributed by atoms with Crippen LogP contribution in [0.25, 0.3) is 0 Å². The molecule has 0 amide bonds. The molecule has 2 rings (SSSR count). The lowest BCUT2D eigenvalue weighted by molar-refractivity contribution is 0.354. The smallest absolute Gasteiger partial charge is 0.161 e. The molecule has 1 aromatic carbocycles. The molecule has 1 heterocycles. The number of rotatable bonds is 5. The SMILES string of the molecule is COc1ccc(C(Br)Cc2ccsc2)cc1OC. The molecule has 96 valence electrons. The van der Waals surface area contributed by atoms with Gasteiger partial charge < -0.3 is 9.47 Å². The summed E-state index contributed by atoms with van der Waals surface area (Å²) in [5.74, 6) is 1.53. The third kappa shape index (κ3) is 3.06. The minimum Gasteiger partial charge on any atom is -0.493 e. The first-order valence-electron chi connectivity index (χ1n) is 5.61. The highest BCUT2D eigenvalue weighted by Crippen LogP contribution is 2.34. The van der Waals surface area contributed by atoms with Gasteiger partial charge in [-0.15, -0.1) is 0 Å². The lowest BCUT2D eigenvalue weighted by Crippen LogP contribution is -1.97. The van der Waals surface area contributed by atoms with Gasteiger partial charge in [-0.3, -0.25) is 0 Å². The lowest BCUT2D eigenvalue weighted by Gasteiger charge is -2.13. The predicted octanol–water partition coefficient (Wildman–Crippen LogP) is 4.44. The van der Waals surface area contributed by atoms with Gasteiger partial charge in [0.15, 0.2) is 11.5 Å². The van der Waals surface area contributed by atoms with E-state index in [2.05, 4.69) is 38.8 Å². The lowest BCUT2D eigenvalue weighted by atomic mass is 10.1. The zero-order valence-electron chi connectivity index (χ0n) is 10.4. The van der Waals surface area contributed by atoms with E-state index in [1.165, 1.54) is 11.1 Å². The van der Waals surface area contributed by atoms with Gasteiger partial charge >= 0.3 is 0 Å². The molecule has 2 aromatic rings. The topological polar surface area (TPSA) is 18.5 Å². The summed E-state index contributed by atoms with van der Waals surface area (Å²) in [5.41, 5.74) is 2.54. The van der Waals surface area contributed by atoms with Crippen LogP contribution in [0.2, 0.25) is 0 Å². The summed E-state index contributed by atoms with van der Waals surface area (Å²) in [6.45, 7) is 0. The first-order chi connectivity index (χ1) is 8.74. The maximum absolute atomic E-state index is 5.32. The van der Waals surface area contributed by atoms with Crippen LogP contribution < -0.4 is 9.47 Å². The highest BCUT2D eigenvalue weighted by atomic mass is 79.9. The predicted molar refractivity (Wildman–Crippen MR) is 79.2 cm³/mol. The van der Waals surface area contributed by atoms with Crippen LogP contribution in [0.15, 0.2) is 35.0 Å². The summed E-state index contributed by atoms with van der Waals surface area (Å²) in [7, 11) is 3.30. The van der Waals surface area contributed by atoms with Crippen LogP contribution in [0.1, 0.15) is 16.0 Å². The van der Waals surface area contributed by atoms with E-state index in [0.29, 0.717) is 0 Å². The Labute approximate surface area is 120 Å². The second-order valence-electron chi connectivity index (χ2n) is 3.92.